The van der Waals surface area contributed by atoms with Crippen molar-refractivity contribution in [2.45, 2.75) is 62.8 Å². The molecule has 1 aliphatic heterocycles. The maximum absolute atomic E-state index is 10.9. The molecule has 1 fully saturated rings. The molecule has 0 aromatic carbocycles. The van der Waals surface area contributed by atoms with Gasteiger partial charge < -0.3 is 34.6 Å². The van der Waals surface area contributed by atoms with E-state index in [-0.39, 0.29) is 25.4 Å². The van der Waals surface area contributed by atoms with Crippen LogP contribution >= 0.6 is 7.60 Å². The van der Waals surface area contributed by atoms with Crippen LogP contribution in [0, 0.1) is 0 Å². The van der Waals surface area contributed by atoms with Gasteiger partial charge in [-0.2, -0.15) is 0 Å². The van der Waals surface area contributed by atoms with Crippen molar-refractivity contribution in [3.63, 3.8) is 0 Å². The van der Waals surface area contributed by atoms with Crippen molar-refractivity contribution in [1.82, 2.24) is 5.43 Å². The Balaban J connectivity index is 2.38. The van der Waals surface area contributed by atoms with Gasteiger partial charge in [0.15, 0.2) is 6.29 Å². The van der Waals surface area contributed by atoms with E-state index in [9.17, 15) is 24.7 Å². The molecule has 1 amide bonds. The fraction of sp³-hybridized carbons (Fsp3) is 0.923. The molecule has 1 rings (SSSR count). The second-order valence-electron chi connectivity index (χ2n) is 5.94. The normalized spacial score (nSPS) is 30.2. The molecule has 8 N–H and O–H groups in total. The number of nitrogens with one attached hydrogen (secondary N) is 1. The average Bonchev–Trinajstić information content (AvgIpc) is 2.55. The van der Waals surface area contributed by atoms with E-state index in [0.717, 1.165) is 0 Å². The van der Waals surface area contributed by atoms with E-state index in [4.69, 9.17) is 25.1 Å². The van der Waals surface area contributed by atoms with Gasteiger partial charge in [0, 0.05) is 13.0 Å². The summed E-state index contributed by atoms with van der Waals surface area (Å²) in [6.45, 7) is 0.181. The van der Waals surface area contributed by atoms with E-state index >= 15 is 0 Å². The molecule has 0 saturated carbocycles. The molecule has 0 aliphatic carbocycles. The first-order chi connectivity index (χ1) is 11.7. The molecule has 1 saturated heterocycles. The first-order valence-electron chi connectivity index (χ1n) is 8.01. The lowest BCUT2D eigenvalue weighted by molar-refractivity contribution is -0.297. The molecule has 11 nitrogen and oxygen atoms in total. The van der Waals surface area contributed by atoms with Crippen molar-refractivity contribution in [2.75, 3.05) is 12.8 Å². The molecule has 0 radical (unpaired) electrons. The number of ether oxygens (including phenoxy) is 2. The van der Waals surface area contributed by atoms with Crippen LogP contribution in [-0.2, 0) is 18.8 Å². The zero-order chi connectivity index (χ0) is 19.0. The Hall–Kier alpha value is -0.620. The zero-order valence-electron chi connectivity index (χ0n) is 13.7. The molecule has 5 unspecified atom stereocenters. The maximum atomic E-state index is 10.9. The number of hydrazine groups is 1. The summed E-state index contributed by atoms with van der Waals surface area (Å²) < 4.78 is 21.6. The molecule has 1 heterocycles. The Bertz CT molecular complexity index is 461. The minimum atomic E-state index is -4.28. The molecular weight excluding hydrogens is 359 g/mol. The SMILES string of the molecule is NNC(=O)CCCCCOC1OC(CCP(=O)(O)O)C(O)C(O)C1O. The predicted molar refractivity (Wildman–Crippen MR) is 85.0 cm³/mol. The van der Waals surface area contributed by atoms with E-state index in [1.807, 2.05) is 5.43 Å². The highest BCUT2D eigenvalue weighted by molar-refractivity contribution is 7.51. The minimum Gasteiger partial charge on any atom is -0.388 e. The summed E-state index contributed by atoms with van der Waals surface area (Å²) in [6, 6.07) is 0. The van der Waals surface area contributed by atoms with Crippen LogP contribution < -0.4 is 11.3 Å². The zero-order valence-corrected chi connectivity index (χ0v) is 14.6. The Morgan fingerprint density at radius 2 is 1.80 bits per heavy atom. The second kappa shape index (κ2) is 10.5. The third kappa shape index (κ3) is 8.07. The van der Waals surface area contributed by atoms with Crippen molar-refractivity contribution in [1.29, 1.82) is 0 Å². The highest BCUT2D eigenvalue weighted by atomic mass is 31.2. The van der Waals surface area contributed by atoms with Crippen LogP contribution in [-0.4, -0.2) is 74.5 Å². The molecule has 5 atom stereocenters. The van der Waals surface area contributed by atoms with Gasteiger partial charge in [-0.3, -0.25) is 14.8 Å². The standard InChI is InChI=1S/C13H27N2O9P/c14-15-9(16)4-2-1-3-6-23-13-12(19)11(18)10(17)8(24-13)5-7-25(20,21)22/h8,10-13,17-19H,1-7,14H2,(H,15,16)(H2,20,21,22). The van der Waals surface area contributed by atoms with Crippen molar-refractivity contribution >= 4 is 13.5 Å². The first-order valence-corrected chi connectivity index (χ1v) is 9.80. The molecule has 0 bridgehead atoms. The number of hydrogen-bond acceptors (Lipinski definition) is 8. The summed E-state index contributed by atoms with van der Waals surface area (Å²) in [5, 5.41) is 29.6. The fourth-order valence-electron chi connectivity index (χ4n) is 2.42. The summed E-state index contributed by atoms with van der Waals surface area (Å²) >= 11 is 0. The summed E-state index contributed by atoms with van der Waals surface area (Å²) in [4.78, 5) is 28.7. The predicted octanol–water partition coefficient (Wildman–Crippen LogP) is -2.07. The van der Waals surface area contributed by atoms with Crippen LogP contribution in [0.1, 0.15) is 32.1 Å². The van der Waals surface area contributed by atoms with Crippen LogP contribution in [0.15, 0.2) is 0 Å². The van der Waals surface area contributed by atoms with E-state index in [0.29, 0.717) is 19.3 Å². The Kier molecular flexibility index (Phi) is 9.43. The molecule has 12 heteroatoms. The van der Waals surface area contributed by atoms with Crippen molar-refractivity contribution < 1.29 is 43.9 Å². The van der Waals surface area contributed by atoms with E-state index in [2.05, 4.69) is 0 Å². The fourth-order valence-corrected chi connectivity index (χ4v) is 3.02. The first kappa shape index (κ1) is 22.4. The number of nitrogens with two attached hydrogens (primary N) is 1. The van der Waals surface area contributed by atoms with Crippen molar-refractivity contribution in [2.24, 2.45) is 5.84 Å². The van der Waals surface area contributed by atoms with Gasteiger partial charge in [0.1, 0.15) is 18.3 Å². The van der Waals surface area contributed by atoms with Gasteiger partial charge in [-0.25, -0.2) is 5.84 Å². The number of carbonyl (C=O) groups is 1. The smallest absolute Gasteiger partial charge is 0.325 e. The summed E-state index contributed by atoms with van der Waals surface area (Å²) in [6.07, 6.45) is -5.37. The summed E-state index contributed by atoms with van der Waals surface area (Å²) in [7, 11) is -4.28. The number of hydrogen-bond donors (Lipinski definition) is 7. The van der Waals surface area contributed by atoms with Crippen LogP contribution in [0.4, 0.5) is 0 Å². The Morgan fingerprint density at radius 3 is 2.40 bits per heavy atom. The number of amides is 1. The van der Waals surface area contributed by atoms with Gasteiger partial charge >= 0.3 is 7.60 Å². The van der Waals surface area contributed by atoms with Gasteiger partial charge in [-0.1, -0.05) is 6.42 Å². The summed E-state index contributed by atoms with van der Waals surface area (Å²) in [5.74, 6) is 4.69. The van der Waals surface area contributed by atoms with Gasteiger partial charge in [-0.15, -0.1) is 0 Å². The molecule has 148 valence electrons. The average molecular weight is 386 g/mol. The third-order valence-electron chi connectivity index (χ3n) is 3.86. The van der Waals surface area contributed by atoms with Crippen LogP contribution in [0.3, 0.4) is 0 Å². The minimum absolute atomic E-state index is 0.181. The molecule has 1 aliphatic rings. The number of aliphatic hydroxyl groups is 3. The van der Waals surface area contributed by atoms with E-state index in [1.165, 1.54) is 0 Å². The van der Waals surface area contributed by atoms with Gasteiger partial charge in [0.25, 0.3) is 0 Å². The van der Waals surface area contributed by atoms with Gasteiger partial charge in [0.2, 0.25) is 5.91 Å². The topological polar surface area (TPSA) is 192 Å². The number of carbonyl (C=O) groups excluding carboxylic acids is 1. The highest BCUT2D eigenvalue weighted by Crippen LogP contribution is 2.37. The molecular formula is C13H27N2O9P. The lowest BCUT2D eigenvalue weighted by Crippen LogP contribution is -2.58. The molecule has 0 spiro atoms. The van der Waals surface area contributed by atoms with Crippen LogP contribution in [0.2, 0.25) is 0 Å². The largest absolute Gasteiger partial charge is 0.388 e. The third-order valence-corrected chi connectivity index (χ3v) is 4.71. The van der Waals surface area contributed by atoms with Crippen LogP contribution in [0.25, 0.3) is 0 Å². The monoisotopic (exact) mass is 386 g/mol. The number of unbranched alkanes of at least 4 members (excludes halogenated alkanes) is 2. The molecule has 25 heavy (non-hydrogen) atoms. The van der Waals surface area contributed by atoms with Gasteiger partial charge in [-0.05, 0) is 19.3 Å². The van der Waals surface area contributed by atoms with Crippen molar-refractivity contribution in [3.05, 3.63) is 0 Å². The van der Waals surface area contributed by atoms with Gasteiger partial charge in [0.05, 0.1) is 12.3 Å². The highest BCUT2D eigenvalue weighted by Gasteiger charge is 2.44. The van der Waals surface area contributed by atoms with Crippen LogP contribution in [0.5, 0.6) is 0 Å². The van der Waals surface area contributed by atoms with E-state index < -0.39 is 44.5 Å². The van der Waals surface area contributed by atoms with Crippen molar-refractivity contribution in [3.8, 4) is 0 Å². The van der Waals surface area contributed by atoms with E-state index in [1.54, 1.807) is 0 Å². The lowest BCUT2D eigenvalue weighted by atomic mass is 9.97. The molecule has 0 aromatic heterocycles. The summed E-state index contributed by atoms with van der Waals surface area (Å²) in [5.41, 5.74) is 2.02. The quantitative estimate of drug-likeness (QED) is 0.0721. The number of rotatable bonds is 10. The second-order valence-corrected chi connectivity index (χ2v) is 7.72. The lowest BCUT2D eigenvalue weighted by Gasteiger charge is -2.40. The maximum Gasteiger partial charge on any atom is 0.325 e. The number of aliphatic hydroxyl groups excluding tert-OH is 3. The Labute approximate surface area is 145 Å². The Morgan fingerprint density at radius 1 is 1.12 bits per heavy atom. The molecule has 0 aromatic rings.